The molecule has 0 atom stereocenters. The number of benzene rings is 1. The van der Waals surface area contributed by atoms with Gasteiger partial charge in [-0.25, -0.2) is 4.79 Å². The first-order valence-corrected chi connectivity index (χ1v) is 11.2. The molecule has 1 fully saturated rings. The number of likely N-dealkylation sites (tertiary alicyclic amines) is 1. The summed E-state index contributed by atoms with van der Waals surface area (Å²) < 4.78 is 7.30. The molecule has 5 rings (SSSR count). The highest BCUT2D eigenvalue weighted by Gasteiger charge is 2.30. The summed E-state index contributed by atoms with van der Waals surface area (Å²) in [5, 5.41) is 5.96. The molecule has 0 bridgehead atoms. The van der Waals surface area contributed by atoms with E-state index in [4.69, 9.17) is 9.84 Å². The van der Waals surface area contributed by atoms with Gasteiger partial charge in [-0.3, -0.25) is 9.48 Å². The average Bonchev–Trinajstić information content (AvgIpc) is 3.15. The zero-order valence-corrected chi connectivity index (χ0v) is 17.9. The van der Waals surface area contributed by atoms with Gasteiger partial charge in [0.1, 0.15) is 12.3 Å². The van der Waals surface area contributed by atoms with Crippen molar-refractivity contribution in [1.82, 2.24) is 19.7 Å². The first kappa shape index (κ1) is 19.8. The number of piperidine rings is 1. The van der Waals surface area contributed by atoms with E-state index in [1.54, 1.807) is 9.58 Å². The SMILES string of the molecule is Cn1nc(C2CCN(C(=O)OCc3ccccc3)CC2)c2c3c(c(=O)[nH]c21)CCCC3. The predicted molar refractivity (Wildman–Crippen MR) is 118 cm³/mol. The number of amides is 1. The van der Waals surface area contributed by atoms with Crippen LogP contribution in [0.2, 0.25) is 0 Å². The molecule has 1 aliphatic carbocycles. The van der Waals surface area contributed by atoms with Crippen molar-refractivity contribution in [3.8, 4) is 0 Å². The molecule has 7 nitrogen and oxygen atoms in total. The van der Waals surface area contributed by atoms with Crippen molar-refractivity contribution in [2.45, 2.75) is 51.0 Å². The Balaban J connectivity index is 1.32. The summed E-state index contributed by atoms with van der Waals surface area (Å²) >= 11 is 0. The minimum Gasteiger partial charge on any atom is -0.445 e. The number of carbonyl (C=O) groups excluding carboxylic acids is 1. The van der Waals surface area contributed by atoms with E-state index >= 15 is 0 Å². The van der Waals surface area contributed by atoms with E-state index in [-0.39, 0.29) is 17.6 Å². The van der Waals surface area contributed by atoms with Gasteiger partial charge in [-0.2, -0.15) is 5.10 Å². The van der Waals surface area contributed by atoms with Crippen molar-refractivity contribution in [2.24, 2.45) is 7.05 Å². The van der Waals surface area contributed by atoms with Gasteiger partial charge in [0.15, 0.2) is 0 Å². The Morgan fingerprint density at radius 3 is 2.58 bits per heavy atom. The number of hydrogen-bond acceptors (Lipinski definition) is 4. The maximum atomic E-state index is 12.5. The highest BCUT2D eigenvalue weighted by atomic mass is 16.6. The number of nitrogens with one attached hydrogen (secondary N) is 1. The molecule has 1 aliphatic heterocycles. The number of aromatic nitrogens is 3. The quantitative estimate of drug-likeness (QED) is 0.701. The molecular formula is C24H28N4O3. The van der Waals surface area contributed by atoms with Gasteiger partial charge >= 0.3 is 6.09 Å². The third-order valence-electron chi connectivity index (χ3n) is 6.69. The summed E-state index contributed by atoms with van der Waals surface area (Å²) in [6.07, 6.45) is 5.42. The van der Waals surface area contributed by atoms with Gasteiger partial charge in [-0.05, 0) is 49.7 Å². The number of nitrogens with zero attached hydrogens (tertiary/aromatic N) is 3. The van der Waals surface area contributed by atoms with E-state index in [2.05, 4.69) is 4.98 Å². The summed E-state index contributed by atoms with van der Waals surface area (Å²) in [7, 11) is 1.90. The Morgan fingerprint density at radius 1 is 1.13 bits per heavy atom. The standard InChI is InChI=1S/C24H28N4O3/c1-27-22-20(18-9-5-6-10-19(18)23(29)25-22)21(26-27)17-11-13-28(14-12-17)24(30)31-15-16-7-3-2-4-8-16/h2-4,7-8,17H,5-6,9-15H2,1H3,(H,25,29). The molecule has 1 N–H and O–H groups in total. The predicted octanol–water partition coefficient (Wildman–Crippen LogP) is 3.66. The Morgan fingerprint density at radius 2 is 1.84 bits per heavy atom. The Bertz CT molecular complexity index is 1160. The largest absolute Gasteiger partial charge is 0.445 e. The van der Waals surface area contributed by atoms with Gasteiger partial charge in [0.2, 0.25) is 0 Å². The number of ether oxygens (including phenoxy) is 1. The van der Waals surface area contributed by atoms with E-state index < -0.39 is 0 Å². The van der Waals surface area contributed by atoms with Crippen LogP contribution >= 0.6 is 0 Å². The van der Waals surface area contributed by atoms with Crippen molar-refractivity contribution in [2.75, 3.05) is 13.1 Å². The van der Waals surface area contributed by atoms with Crippen molar-refractivity contribution < 1.29 is 9.53 Å². The molecule has 0 unspecified atom stereocenters. The summed E-state index contributed by atoms with van der Waals surface area (Å²) in [5.41, 5.74) is 5.06. The molecule has 2 aliphatic rings. The first-order chi connectivity index (χ1) is 15.1. The van der Waals surface area contributed by atoms with Crippen LogP contribution in [0.5, 0.6) is 0 Å². The van der Waals surface area contributed by atoms with Gasteiger partial charge in [-0.1, -0.05) is 30.3 Å². The van der Waals surface area contributed by atoms with Crippen molar-refractivity contribution in [1.29, 1.82) is 0 Å². The van der Waals surface area contributed by atoms with Crippen LogP contribution in [0.3, 0.4) is 0 Å². The number of carbonyl (C=O) groups is 1. The molecule has 7 heteroatoms. The highest BCUT2D eigenvalue weighted by molar-refractivity contribution is 5.84. The van der Waals surface area contributed by atoms with E-state index in [1.165, 1.54) is 5.56 Å². The lowest BCUT2D eigenvalue weighted by atomic mass is 9.86. The number of rotatable bonds is 3. The smallest absolute Gasteiger partial charge is 0.410 e. The van der Waals surface area contributed by atoms with E-state index in [0.29, 0.717) is 19.7 Å². The molecular weight excluding hydrogens is 392 g/mol. The first-order valence-electron chi connectivity index (χ1n) is 11.2. The second kappa shape index (κ2) is 8.21. The van der Waals surface area contributed by atoms with Gasteiger partial charge in [-0.15, -0.1) is 0 Å². The molecule has 1 amide bonds. The zero-order chi connectivity index (χ0) is 21.4. The summed E-state index contributed by atoms with van der Waals surface area (Å²) in [5.74, 6) is 0.277. The zero-order valence-electron chi connectivity index (χ0n) is 17.9. The number of fused-ring (bicyclic) bond motifs is 3. The maximum Gasteiger partial charge on any atom is 0.410 e. The molecule has 1 saturated heterocycles. The molecule has 162 valence electrons. The van der Waals surface area contributed by atoms with Crippen LogP contribution in [0.15, 0.2) is 35.1 Å². The summed E-state index contributed by atoms with van der Waals surface area (Å²) in [6.45, 7) is 1.60. The number of hydrogen-bond donors (Lipinski definition) is 1. The van der Waals surface area contributed by atoms with Crippen molar-refractivity contribution in [3.63, 3.8) is 0 Å². The Hall–Kier alpha value is -3.09. The second-order valence-corrected chi connectivity index (χ2v) is 8.65. The van der Waals surface area contributed by atoms with Crippen LogP contribution < -0.4 is 5.56 Å². The molecule has 0 saturated carbocycles. The number of H-pyrrole nitrogens is 1. The molecule has 31 heavy (non-hydrogen) atoms. The monoisotopic (exact) mass is 420 g/mol. The molecule has 3 heterocycles. The number of pyridine rings is 1. The molecule has 3 aromatic rings. The molecule has 0 radical (unpaired) electrons. The summed E-state index contributed by atoms with van der Waals surface area (Å²) in [4.78, 5) is 29.9. The van der Waals surface area contributed by atoms with Crippen LogP contribution in [0, 0.1) is 0 Å². The van der Waals surface area contributed by atoms with Gasteiger partial charge in [0.25, 0.3) is 5.56 Å². The van der Waals surface area contributed by atoms with Crippen molar-refractivity contribution in [3.05, 3.63) is 63.1 Å². The van der Waals surface area contributed by atoms with Crippen LogP contribution in [0.4, 0.5) is 4.79 Å². The lowest BCUT2D eigenvalue weighted by Gasteiger charge is -2.31. The molecule has 2 aromatic heterocycles. The van der Waals surface area contributed by atoms with Gasteiger partial charge < -0.3 is 14.6 Å². The van der Waals surface area contributed by atoms with E-state index in [0.717, 1.165) is 66.4 Å². The average molecular weight is 421 g/mol. The van der Waals surface area contributed by atoms with Crippen LogP contribution in [0.25, 0.3) is 11.0 Å². The third kappa shape index (κ3) is 3.73. The summed E-state index contributed by atoms with van der Waals surface area (Å²) in [6, 6.07) is 9.74. The highest BCUT2D eigenvalue weighted by Crippen LogP contribution is 2.35. The van der Waals surface area contributed by atoms with Crippen LogP contribution in [0.1, 0.15) is 54.0 Å². The topological polar surface area (TPSA) is 80.2 Å². The van der Waals surface area contributed by atoms with Crippen LogP contribution in [-0.2, 0) is 31.2 Å². The Kier molecular flexibility index (Phi) is 5.26. The molecule has 0 spiro atoms. The second-order valence-electron chi connectivity index (χ2n) is 8.65. The lowest BCUT2D eigenvalue weighted by molar-refractivity contribution is 0.0868. The fourth-order valence-corrected chi connectivity index (χ4v) is 5.03. The van der Waals surface area contributed by atoms with Crippen molar-refractivity contribution >= 4 is 17.1 Å². The fraction of sp³-hybridized carbons (Fsp3) is 0.458. The normalized spacial score (nSPS) is 17.0. The van der Waals surface area contributed by atoms with E-state index in [9.17, 15) is 9.59 Å². The minimum absolute atomic E-state index is 0.0349. The Labute approximate surface area is 181 Å². The number of aryl methyl sites for hydroxylation is 2. The molecule has 1 aromatic carbocycles. The van der Waals surface area contributed by atoms with Gasteiger partial charge in [0.05, 0.1) is 5.69 Å². The number of aromatic amines is 1. The van der Waals surface area contributed by atoms with Crippen LogP contribution in [-0.4, -0.2) is 38.8 Å². The lowest BCUT2D eigenvalue weighted by Crippen LogP contribution is -2.38. The van der Waals surface area contributed by atoms with E-state index in [1.807, 2.05) is 37.4 Å². The van der Waals surface area contributed by atoms with Gasteiger partial charge in [0, 0.05) is 37.0 Å². The maximum absolute atomic E-state index is 12.5. The third-order valence-corrected chi connectivity index (χ3v) is 6.69. The minimum atomic E-state index is -0.255. The fourth-order valence-electron chi connectivity index (χ4n) is 5.03.